The topological polar surface area (TPSA) is 62.3 Å². The lowest BCUT2D eigenvalue weighted by atomic mass is 9.94. The van der Waals surface area contributed by atoms with Crippen LogP contribution in [-0.4, -0.2) is 86.0 Å². The van der Waals surface area contributed by atoms with Gasteiger partial charge in [0.15, 0.2) is 11.5 Å². The number of likely N-dealkylation sites (N-methyl/N-ethyl adjacent to an activating group) is 1. The molecule has 7 nitrogen and oxygen atoms in total. The number of carbonyl (C=O) groups excluding carboxylic acids is 2. The lowest BCUT2D eigenvalue weighted by Gasteiger charge is -2.37. The zero-order valence-electron chi connectivity index (χ0n) is 18.8. The van der Waals surface area contributed by atoms with Crippen molar-refractivity contribution in [1.29, 1.82) is 0 Å². The molecular formula is C24H35N3O4. The van der Waals surface area contributed by atoms with Crippen LogP contribution in [0, 0.1) is 5.92 Å². The molecule has 0 atom stereocenters. The second kappa shape index (κ2) is 9.90. The van der Waals surface area contributed by atoms with Gasteiger partial charge >= 0.3 is 0 Å². The van der Waals surface area contributed by atoms with Gasteiger partial charge < -0.3 is 24.2 Å². The van der Waals surface area contributed by atoms with E-state index in [1.807, 2.05) is 21.9 Å². The molecule has 2 saturated heterocycles. The molecule has 0 bridgehead atoms. The van der Waals surface area contributed by atoms with Crippen molar-refractivity contribution in [3.63, 3.8) is 0 Å². The van der Waals surface area contributed by atoms with Crippen molar-refractivity contribution in [2.75, 3.05) is 53.4 Å². The van der Waals surface area contributed by atoms with E-state index in [-0.39, 0.29) is 23.8 Å². The molecule has 1 aromatic rings. The molecule has 3 fully saturated rings. The number of nitrogens with zero attached hydrogens (tertiary/aromatic N) is 3. The number of likely N-dealkylation sites (tertiary alicyclic amines) is 1. The van der Waals surface area contributed by atoms with Crippen LogP contribution in [0.1, 0.15) is 48.9 Å². The molecule has 0 radical (unpaired) electrons. The lowest BCUT2D eigenvalue weighted by molar-refractivity contribution is -0.138. The van der Waals surface area contributed by atoms with Gasteiger partial charge in [-0.1, -0.05) is 0 Å². The second-order valence-electron chi connectivity index (χ2n) is 9.08. The van der Waals surface area contributed by atoms with Crippen molar-refractivity contribution < 1.29 is 19.1 Å². The molecule has 4 rings (SSSR count). The van der Waals surface area contributed by atoms with Crippen LogP contribution in [0.25, 0.3) is 0 Å². The fraction of sp³-hybridized carbons (Fsp3) is 0.667. The molecule has 31 heavy (non-hydrogen) atoms. The fourth-order valence-corrected chi connectivity index (χ4v) is 4.88. The third kappa shape index (κ3) is 5.14. The normalized spacial score (nSPS) is 21.4. The number of rotatable bonds is 5. The van der Waals surface area contributed by atoms with Crippen molar-refractivity contribution >= 4 is 11.8 Å². The fourth-order valence-electron chi connectivity index (χ4n) is 4.88. The van der Waals surface area contributed by atoms with Crippen LogP contribution in [0.4, 0.5) is 0 Å². The summed E-state index contributed by atoms with van der Waals surface area (Å²) < 4.78 is 11.6. The number of benzene rings is 1. The predicted molar refractivity (Wildman–Crippen MR) is 119 cm³/mol. The molecule has 170 valence electrons. The van der Waals surface area contributed by atoms with Crippen LogP contribution >= 0.6 is 0 Å². The molecule has 0 N–H and O–H groups in total. The highest BCUT2D eigenvalue weighted by atomic mass is 16.5. The summed E-state index contributed by atoms with van der Waals surface area (Å²) in [5.41, 5.74) is 0.611. The summed E-state index contributed by atoms with van der Waals surface area (Å²) in [7, 11) is 3.70. The summed E-state index contributed by atoms with van der Waals surface area (Å²) in [5, 5.41) is 0. The second-order valence-corrected chi connectivity index (χ2v) is 9.08. The summed E-state index contributed by atoms with van der Waals surface area (Å²) in [5.74, 6) is 1.61. The first-order chi connectivity index (χ1) is 15.0. The Labute approximate surface area is 185 Å². The molecule has 0 spiro atoms. The van der Waals surface area contributed by atoms with Gasteiger partial charge in [-0.25, -0.2) is 0 Å². The van der Waals surface area contributed by atoms with Gasteiger partial charge in [-0.15, -0.1) is 0 Å². The van der Waals surface area contributed by atoms with Crippen LogP contribution in [0.2, 0.25) is 0 Å². The molecule has 1 saturated carbocycles. The smallest absolute Gasteiger partial charge is 0.253 e. The zero-order valence-corrected chi connectivity index (χ0v) is 18.8. The van der Waals surface area contributed by atoms with E-state index < -0.39 is 0 Å². The van der Waals surface area contributed by atoms with E-state index >= 15 is 0 Å². The quantitative estimate of drug-likeness (QED) is 0.720. The molecule has 1 aromatic carbocycles. The van der Waals surface area contributed by atoms with Crippen molar-refractivity contribution in [3.05, 3.63) is 23.8 Å². The SMILES string of the molecule is COc1cc(C(=O)N2CCC(C(=O)N3CCN(C)CC3)CC2)ccc1OC1CCCC1. The molecule has 2 amide bonds. The molecule has 1 aliphatic carbocycles. The van der Waals surface area contributed by atoms with Gasteiger partial charge in [0.1, 0.15) is 0 Å². The van der Waals surface area contributed by atoms with E-state index in [0.29, 0.717) is 30.2 Å². The van der Waals surface area contributed by atoms with Crippen LogP contribution in [0.3, 0.4) is 0 Å². The van der Waals surface area contributed by atoms with Crippen molar-refractivity contribution in [2.24, 2.45) is 5.92 Å². The minimum absolute atomic E-state index is 0.00351. The third-order valence-corrected chi connectivity index (χ3v) is 6.95. The highest BCUT2D eigenvalue weighted by Gasteiger charge is 2.32. The maximum Gasteiger partial charge on any atom is 0.253 e. The monoisotopic (exact) mass is 429 g/mol. The number of hydrogen-bond acceptors (Lipinski definition) is 5. The minimum Gasteiger partial charge on any atom is -0.493 e. The molecule has 3 aliphatic rings. The first-order valence-electron chi connectivity index (χ1n) is 11.7. The van der Waals surface area contributed by atoms with Crippen molar-refractivity contribution in [2.45, 2.75) is 44.6 Å². The predicted octanol–water partition coefficient (Wildman–Crippen LogP) is 2.64. The Kier molecular flexibility index (Phi) is 7.00. The van der Waals surface area contributed by atoms with E-state index in [2.05, 4.69) is 11.9 Å². The first kappa shape index (κ1) is 21.9. The van der Waals surface area contributed by atoms with E-state index in [1.165, 1.54) is 12.8 Å². The minimum atomic E-state index is -0.00351. The number of piperazine rings is 1. The highest BCUT2D eigenvalue weighted by Crippen LogP contribution is 2.33. The number of amides is 2. The van der Waals surface area contributed by atoms with Gasteiger partial charge in [0.2, 0.25) is 5.91 Å². The van der Waals surface area contributed by atoms with Crippen LogP contribution in [0.5, 0.6) is 11.5 Å². The van der Waals surface area contributed by atoms with Gasteiger partial charge in [-0.2, -0.15) is 0 Å². The molecule has 0 unspecified atom stereocenters. The maximum absolute atomic E-state index is 13.1. The van der Waals surface area contributed by atoms with Gasteiger partial charge in [0.05, 0.1) is 13.2 Å². The van der Waals surface area contributed by atoms with E-state index in [0.717, 1.165) is 51.9 Å². The van der Waals surface area contributed by atoms with Gasteiger partial charge in [0, 0.05) is 50.7 Å². The first-order valence-corrected chi connectivity index (χ1v) is 11.7. The lowest BCUT2D eigenvalue weighted by Crippen LogP contribution is -2.51. The molecule has 7 heteroatoms. The average Bonchev–Trinajstić information content (AvgIpc) is 3.32. The summed E-state index contributed by atoms with van der Waals surface area (Å²) in [4.78, 5) is 32.0. The van der Waals surface area contributed by atoms with E-state index in [9.17, 15) is 9.59 Å². The molecular weight excluding hydrogens is 394 g/mol. The molecule has 2 heterocycles. The van der Waals surface area contributed by atoms with Crippen LogP contribution in [-0.2, 0) is 4.79 Å². The standard InChI is InChI=1S/C24H35N3O4/c1-25-13-15-27(16-14-25)23(28)18-9-11-26(12-10-18)24(29)19-7-8-21(22(17-19)30-2)31-20-5-3-4-6-20/h7-8,17-18,20H,3-6,9-16H2,1-2H3. The van der Waals surface area contributed by atoms with E-state index in [4.69, 9.17) is 9.47 Å². The van der Waals surface area contributed by atoms with Crippen molar-refractivity contribution in [1.82, 2.24) is 14.7 Å². The highest BCUT2D eigenvalue weighted by molar-refractivity contribution is 5.95. The summed E-state index contributed by atoms with van der Waals surface area (Å²) in [6.07, 6.45) is 6.27. The Morgan fingerprint density at radius 3 is 2.19 bits per heavy atom. The Balaban J connectivity index is 1.33. The average molecular weight is 430 g/mol. The van der Waals surface area contributed by atoms with E-state index in [1.54, 1.807) is 13.2 Å². The summed E-state index contributed by atoms with van der Waals surface area (Å²) >= 11 is 0. The van der Waals surface area contributed by atoms with Gasteiger partial charge in [0.25, 0.3) is 5.91 Å². The Morgan fingerprint density at radius 1 is 0.871 bits per heavy atom. The Bertz CT molecular complexity index is 777. The van der Waals surface area contributed by atoms with Crippen LogP contribution in [0.15, 0.2) is 18.2 Å². The number of ether oxygens (including phenoxy) is 2. The number of piperidine rings is 1. The van der Waals surface area contributed by atoms with Gasteiger partial charge in [-0.05, 0) is 63.8 Å². The Hall–Kier alpha value is -2.28. The Morgan fingerprint density at radius 2 is 1.55 bits per heavy atom. The number of carbonyl (C=O) groups is 2. The van der Waals surface area contributed by atoms with Gasteiger partial charge in [-0.3, -0.25) is 9.59 Å². The molecule has 2 aliphatic heterocycles. The summed E-state index contributed by atoms with van der Waals surface area (Å²) in [6, 6.07) is 5.47. The van der Waals surface area contributed by atoms with Crippen LogP contribution < -0.4 is 9.47 Å². The maximum atomic E-state index is 13.1. The zero-order chi connectivity index (χ0) is 21.8. The molecule has 0 aromatic heterocycles. The van der Waals surface area contributed by atoms with Crippen molar-refractivity contribution in [3.8, 4) is 11.5 Å². The summed E-state index contributed by atoms with van der Waals surface area (Å²) in [6.45, 7) is 4.72. The largest absolute Gasteiger partial charge is 0.493 e. The number of methoxy groups -OCH3 is 1. The number of hydrogen-bond donors (Lipinski definition) is 0. The third-order valence-electron chi connectivity index (χ3n) is 6.95.